The van der Waals surface area contributed by atoms with Crippen molar-refractivity contribution in [2.75, 3.05) is 41.4 Å². The predicted octanol–water partition coefficient (Wildman–Crippen LogP) is 3.40. The number of carbonyl (C=O) groups is 2. The van der Waals surface area contributed by atoms with Crippen LogP contribution >= 0.6 is 0 Å². The Morgan fingerprint density at radius 1 is 1.14 bits per heavy atom. The topological polar surface area (TPSA) is 88.5 Å². The molecule has 0 bridgehead atoms. The molecule has 0 aliphatic carbocycles. The van der Waals surface area contributed by atoms with E-state index in [9.17, 15) is 14.7 Å². The summed E-state index contributed by atoms with van der Waals surface area (Å²) in [5.74, 6) is 0.256. The molecule has 8 nitrogen and oxygen atoms in total. The van der Waals surface area contributed by atoms with Crippen LogP contribution in [-0.2, 0) is 16.0 Å². The molecule has 0 radical (unpaired) electrons. The fraction of sp³-hybridized carbons (Fsp3) is 0.407. The van der Waals surface area contributed by atoms with E-state index in [4.69, 9.17) is 14.2 Å². The first-order valence-corrected chi connectivity index (χ1v) is 11.7. The molecule has 1 N–H and O–H groups in total. The number of methoxy groups -OCH3 is 2. The number of benzene rings is 2. The lowest BCUT2D eigenvalue weighted by molar-refractivity contribution is -0.140. The zero-order valence-electron chi connectivity index (χ0n) is 20.8. The van der Waals surface area contributed by atoms with Crippen LogP contribution < -0.4 is 14.2 Å². The molecule has 0 saturated carbocycles. The zero-order valence-corrected chi connectivity index (χ0v) is 20.8. The second kappa shape index (κ2) is 10.00. The highest BCUT2D eigenvalue weighted by Crippen LogP contribution is 2.44. The number of aliphatic hydroxyl groups is 1. The Morgan fingerprint density at radius 3 is 2.60 bits per heavy atom. The van der Waals surface area contributed by atoms with Crippen molar-refractivity contribution in [1.82, 2.24) is 9.80 Å². The van der Waals surface area contributed by atoms with E-state index >= 15 is 0 Å². The van der Waals surface area contributed by atoms with E-state index in [0.29, 0.717) is 42.0 Å². The summed E-state index contributed by atoms with van der Waals surface area (Å²) in [5.41, 5.74) is 2.05. The lowest BCUT2D eigenvalue weighted by Gasteiger charge is -2.27. The van der Waals surface area contributed by atoms with E-state index < -0.39 is 17.7 Å². The molecule has 186 valence electrons. The summed E-state index contributed by atoms with van der Waals surface area (Å²) in [4.78, 5) is 30.1. The number of nitrogens with zero attached hydrogens (tertiary/aromatic N) is 2. The number of amides is 1. The Labute approximate surface area is 205 Å². The molecule has 2 aliphatic rings. The highest BCUT2D eigenvalue weighted by Gasteiger charge is 2.47. The summed E-state index contributed by atoms with van der Waals surface area (Å²) in [7, 11) is 6.99. The zero-order chi connectivity index (χ0) is 25.3. The quantitative estimate of drug-likeness (QED) is 0.352. The summed E-state index contributed by atoms with van der Waals surface area (Å²) >= 11 is 0. The normalized spacial score (nSPS) is 20.8. The summed E-state index contributed by atoms with van der Waals surface area (Å²) in [6.45, 7) is 3.07. The van der Waals surface area contributed by atoms with Crippen LogP contribution in [0.1, 0.15) is 36.1 Å². The van der Waals surface area contributed by atoms with Gasteiger partial charge < -0.3 is 29.1 Å². The number of ether oxygens (including phenoxy) is 3. The molecule has 4 rings (SSSR count). The molecule has 2 unspecified atom stereocenters. The van der Waals surface area contributed by atoms with Crippen LogP contribution in [0.15, 0.2) is 42.0 Å². The van der Waals surface area contributed by atoms with Crippen LogP contribution in [0.5, 0.6) is 17.2 Å². The van der Waals surface area contributed by atoms with E-state index in [1.807, 2.05) is 32.0 Å². The molecule has 2 aromatic rings. The van der Waals surface area contributed by atoms with E-state index in [2.05, 4.69) is 0 Å². The average Bonchev–Trinajstić information content (AvgIpc) is 3.33. The van der Waals surface area contributed by atoms with Gasteiger partial charge in [0, 0.05) is 24.1 Å². The summed E-state index contributed by atoms with van der Waals surface area (Å²) in [5, 5.41) is 11.4. The van der Waals surface area contributed by atoms with Crippen molar-refractivity contribution in [1.29, 1.82) is 0 Å². The maximum Gasteiger partial charge on any atom is 0.295 e. The Hall–Kier alpha value is -3.52. The molecular formula is C27H32N2O6. The third-order valence-corrected chi connectivity index (χ3v) is 6.45. The average molecular weight is 481 g/mol. The van der Waals surface area contributed by atoms with Gasteiger partial charge in [-0.25, -0.2) is 0 Å². The number of hydrogen-bond acceptors (Lipinski definition) is 7. The third-order valence-electron chi connectivity index (χ3n) is 6.45. The molecule has 1 saturated heterocycles. The van der Waals surface area contributed by atoms with Gasteiger partial charge in [-0.1, -0.05) is 0 Å². The molecule has 1 amide bonds. The first kappa shape index (κ1) is 24.6. The van der Waals surface area contributed by atoms with Crippen molar-refractivity contribution in [3.05, 3.63) is 58.7 Å². The minimum absolute atomic E-state index is 0.0401. The summed E-state index contributed by atoms with van der Waals surface area (Å²) in [6, 6.07) is 9.76. The first-order valence-electron chi connectivity index (χ1n) is 11.7. The van der Waals surface area contributed by atoms with Gasteiger partial charge in [0.2, 0.25) is 0 Å². The van der Waals surface area contributed by atoms with Crippen LogP contribution in [-0.4, -0.2) is 74.1 Å². The van der Waals surface area contributed by atoms with Gasteiger partial charge in [0.1, 0.15) is 29.1 Å². The minimum atomic E-state index is -0.814. The first-order chi connectivity index (χ1) is 16.7. The van der Waals surface area contributed by atoms with Crippen molar-refractivity contribution < 1.29 is 28.9 Å². The molecule has 8 heteroatoms. The largest absolute Gasteiger partial charge is 0.507 e. The molecule has 2 atom stereocenters. The number of ketones is 1. The lowest BCUT2D eigenvalue weighted by atomic mass is 9.93. The maximum absolute atomic E-state index is 13.3. The van der Waals surface area contributed by atoms with Crippen molar-refractivity contribution in [3.63, 3.8) is 0 Å². The highest BCUT2D eigenvalue weighted by molar-refractivity contribution is 6.46. The van der Waals surface area contributed by atoms with Crippen molar-refractivity contribution in [2.24, 2.45) is 0 Å². The van der Waals surface area contributed by atoms with Gasteiger partial charge in [0.05, 0.1) is 25.8 Å². The Kier molecular flexibility index (Phi) is 7.03. The lowest BCUT2D eigenvalue weighted by Crippen LogP contribution is -2.32. The van der Waals surface area contributed by atoms with Gasteiger partial charge >= 0.3 is 0 Å². The highest BCUT2D eigenvalue weighted by atomic mass is 16.5. The maximum atomic E-state index is 13.3. The Bertz CT molecular complexity index is 1170. The molecule has 2 aromatic carbocycles. The van der Waals surface area contributed by atoms with Crippen molar-refractivity contribution >= 4 is 17.4 Å². The number of fused-ring (bicyclic) bond motifs is 1. The second-order valence-electron chi connectivity index (χ2n) is 9.21. The van der Waals surface area contributed by atoms with Gasteiger partial charge in [-0.05, 0) is 75.9 Å². The molecule has 2 aliphatic heterocycles. The van der Waals surface area contributed by atoms with E-state index in [1.165, 1.54) is 12.0 Å². The summed E-state index contributed by atoms with van der Waals surface area (Å²) in [6.07, 6.45) is 1.42. The van der Waals surface area contributed by atoms with Gasteiger partial charge in [0.15, 0.2) is 0 Å². The summed E-state index contributed by atoms with van der Waals surface area (Å²) < 4.78 is 16.8. The van der Waals surface area contributed by atoms with Gasteiger partial charge in [-0.15, -0.1) is 0 Å². The number of likely N-dealkylation sites (tertiary alicyclic amines) is 1. The van der Waals surface area contributed by atoms with Gasteiger partial charge in [-0.2, -0.15) is 0 Å². The standard InChI is InChI=1S/C27H32N2O6/c1-16-13-18-14-17(7-9-21(18)35-16)25(30)23-24(20-15-19(33-4)8-10-22(20)34-5)29(27(32)26(23)31)12-6-11-28(2)3/h7-10,14-16,24,30H,6,11-13H2,1-5H3. The molecule has 35 heavy (non-hydrogen) atoms. The SMILES string of the molecule is COc1ccc(OC)c(C2C(=C(O)c3ccc4c(c3)CC(C)O4)C(=O)C(=O)N2CCCN(C)C)c1. The van der Waals surface area contributed by atoms with E-state index in [0.717, 1.165) is 17.9 Å². The molecule has 0 aromatic heterocycles. The van der Waals surface area contributed by atoms with Gasteiger partial charge in [0.25, 0.3) is 11.7 Å². The smallest absolute Gasteiger partial charge is 0.295 e. The molecule has 1 fully saturated rings. The van der Waals surface area contributed by atoms with Crippen molar-refractivity contribution in [2.45, 2.75) is 31.9 Å². The van der Waals surface area contributed by atoms with Crippen LogP contribution in [0, 0.1) is 0 Å². The number of rotatable bonds is 8. The minimum Gasteiger partial charge on any atom is -0.507 e. The van der Waals surface area contributed by atoms with Crippen LogP contribution in [0.3, 0.4) is 0 Å². The van der Waals surface area contributed by atoms with E-state index in [1.54, 1.807) is 37.4 Å². The molecule has 2 heterocycles. The van der Waals surface area contributed by atoms with Crippen LogP contribution in [0.4, 0.5) is 0 Å². The number of hydrogen-bond donors (Lipinski definition) is 1. The second-order valence-corrected chi connectivity index (χ2v) is 9.21. The number of aliphatic hydroxyl groups excluding tert-OH is 1. The van der Waals surface area contributed by atoms with Gasteiger partial charge in [-0.3, -0.25) is 9.59 Å². The van der Waals surface area contributed by atoms with Crippen LogP contribution in [0.2, 0.25) is 0 Å². The number of carbonyl (C=O) groups excluding carboxylic acids is 2. The number of Topliss-reactive ketones (excluding diaryl/α,β-unsaturated/α-hetero) is 1. The van der Waals surface area contributed by atoms with E-state index in [-0.39, 0.29) is 17.4 Å². The monoisotopic (exact) mass is 480 g/mol. The fourth-order valence-corrected chi connectivity index (χ4v) is 4.77. The molecular weight excluding hydrogens is 448 g/mol. The predicted molar refractivity (Wildman–Crippen MR) is 132 cm³/mol. The molecule has 0 spiro atoms. The fourth-order valence-electron chi connectivity index (χ4n) is 4.77. The van der Waals surface area contributed by atoms with Crippen LogP contribution in [0.25, 0.3) is 5.76 Å². The third kappa shape index (κ3) is 4.71. The Morgan fingerprint density at radius 2 is 1.91 bits per heavy atom. The van der Waals surface area contributed by atoms with Crippen molar-refractivity contribution in [3.8, 4) is 17.2 Å². The Balaban J connectivity index is 1.85.